The second-order valence-corrected chi connectivity index (χ2v) is 2.71. The van der Waals surface area contributed by atoms with Crippen LogP contribution >= 0.6 is 15.9 Å². The van der Waals surface area contributed by atoms with Gasteiger partial charge in [-0.05, 0) is 6.92 Å². The lowest BCUT2D eigenvalue weighted by atomic mass is 10.5. The standard InChI is InChI=1S/C6H8BrF2N3/c1-2-12-4(3-7)10-11-6(12)5(8)9/h5H,2-3H2,1H3. The summed E-state index contributed by atoms with van der Waals surface area (Å²) < 4.78 is 25.9. The lowest BCUT2D eigenvalue weighted by Gasteiger charge is -2.03. The number of rotatable bonds is 3. The van der Waals surface area contributed by atoms with Crippen molar-refractivity contribution < 1.29 is 8.78 Å². The van der Waals surface area contributed by atoms with E-state index < -0.39 is 6.43 Å². The Labute approximate surface area is 76.9 Å². The number of aromatic nitrogens is 3. The van der Waals surface area contributed by atoms with Gasteiger partial charge in [-0.2, -0.15) is 0 Å². The van der Waals surface area contributed by atoms with Crippen molar-refractivity contribution in [3.63, 3.8) is 0 Å². The van der Waals surface area contributed by atoms with Crippen LogP contribution in [0.15, 0.2) is 0 Å². The molecule has 0 aliphatic heterocycles. The maximum atomic E-state index is 12.2. The zero-order chi connectivity index (χ0) is 9.14. The molecule has 0 N–H and O–H groups in total. The molecule has 1 heterocycles. The molecule has 6 heteroatoms. The summed E-state index contributed by atoms with van der Waals surface area (Å²) in [5, 5.41) is 7.45. The van der Waals surface area contributed by atoms with Crippen LogP contribution in [0.25, 0.3) is 0 Å². The van der Waals surface area contributed by atoms with Gasteiger partial charge in [-0.15, -0.1) is 10.2 Å². The van der Waals surface area contributed by atoms with E-state index in [0.717, 1.165) is 0 Å². The maximum absolute atomic E-state index is 12.2. The van der Waals surface area contributed by atoms with Gasteiger partial charge in [0.15, 0.2) is 5.82 Å². The van der Waals surface area contributed by atoms with Gasteiger partial charge in [0, 0.05) is 6.54 Å². The predicted octanol–water partition coefficient (Wildman–Crippen LogP) is 2.13. The molecule has 0 atom stereocenters. The van der Waals surface area contributed by atoms with Gasteiger partial charge >= 0.3 is 0 Å². The molecule has 0 unspecified atom stereocenters. The Kier molecular flexibility index (Phi) is 3.13. The molecule has 68 valence electrons. The molecule has 0 radical (unpaired) electrons. The van der Waals surface area contributed by atoms with E-state index >= 15 is 0 Å². The van der Waals surface area contributed by atoms with Gasteiger partial charge in [-0.1, -0.05) is 15.9 Å². The van der Waals surface area contributed by atoms with Crippen molar-refractivity contribution >= 4 is 15.9 Å². The molecular weight excluding hydrogens is 232 g/mol. The van der Waals surface area contributed by atoms with E-state index in [2.05, 4.69) is 26.1 Å². The molecule has 0 spiro atoms. The summed E-state index contributed by atoms with van der Waals surface area (Å²) in [5.41, 5.74) is 0. The summed E-state index contributed by atoms with van der Waals surface area (Å²) >= 11 is 3.14. The molecule has 0 fully saturated rings. The van der Waals surface area contributed by atoms with E-state index in [1.165, 1.54) is 4.57 Å². The Morgan fingerprint density at radius 3 is 2.58 bits per heavy atom. The molecule has 1 rings (SSSR count). The number of hydrogen-bond acceptors (Lipinski definition) is 2. The first kappa shape index (κ1) is 9.57. The second-order valence-electron chi connectivity index (χ2n) is 2.15. The molecule has 12 heavy (non-hydrogen) atoms. The Balaban J connectivity index is 3.05. The van der Waals surface area contributed by atoms with Gasteiger partial charge in [-0.25, -0.2) is 8.78 Å². The normalized spacial score (nSPS) is 11.1. The summed E-state index contributed by atoms with van der Waals surface area (Å²) in [7, 11) is 0. The van der Waals surface area contributed by atoms with Crippen molar-refractivity contribution in [2.45, 2.75) is 25.2 Å². The molecule has 0 saturated carbocycles. The van der Waals surface area contributed by atoms with Gasteiger partial charge in [0.05, 0.1) is 5.33 Å². The van der Waals surface area contributed by atoms with Crippen LogP contribution in [0.3, 0.4) is 0 Å². The second kappa shape index (κ2) is 3.93. The average Bonchev–Trinajstić information content (AvgIpc) is 2.46. The van der Waals surface area contributed by atoms with Crippen LogP contribution in [0.1, 0.15) is 25.0 Å². The van der Waals surface area contributed by atoms with E-state index in [1.807, 2.05) is 0 Å². The molecule has 3 nitrogen and oxygen atoms in total. The van der Waals surface area contributed by atoms with Gasteiger partial charge in [0.1, 0.15) is 5.82 Å². The topological polar surface area (TPSA) is 30.7 Å². The first-order valence-corrected chi connectivity index (χ1v) is 4.59. The maximum Gasteiger partial charge on any atom is 0.297 e. The predicted molar refractivity (Wildman–Crippen MR) is 43.3 cm³/mol. The quantitative estimate of drug-likeness (QED) is 0.757. The summed E-state index contributed by atoms with van der Waals surface area (Å²) in [6, 6.07) is 0. The third kappa shape index (κ3) is 1.63. The third-order valence-electron chi connectivity index (χ3n) is 1.49. The number of halogens is 3. The van der Waals surface area contributed by atoms with Crippen LogP contribution in [-0.4, -0.2) is 14.8 Å². The molecule has 0 aliphatic carbocycles. The molecule has 0 saturated heterocycles. The van der Waals surface area contributed by atoms with Crippen molar-refractivity contribution in [1.29, 1.82) is 0 Å². The van der Waals surface area contributed by atoms with Crippen LogP contribution in [0.2, 0.25) is 0 Å². The fourth-order valence-electron chi connectivity index (χ4n) is 0.954. The number of nitrogens with zero attached hydrogens (tertiary/aromatic N) is 3. The minimum atomic E-state index is -2.55. The van der Waals surface area contributed by atoms with Gasteiger partial charge < -0.3 is 4.57 Å². The lowest BCUT2D eigenvalue weighted by molar-refractivity contribution is 0.135. The largest absolute Gasteiger partial charge is 0.310 e. The zero-order valence-corrected chi connectivity index (χ0v) is 8.05. The van der Waals surface area contributed by atoms with Crippen molar-refractivity contribution in [3.8, 4) is 0 Å². The monoisotopic (exact) mass is 239 g/mol. The summed E-state index contributed by atoms with van der Waals surface area (Å²) in [5.74, 6) is 0.278. The summed E-state index contributed by atoms with van der Waals surface area (Å²) in [6.45, 7) is 2.25. The smallest absolute Gasteiger partial charge is 0.297 e. The first-order chi connectivity index (χ1) is 5.70. The number of hydrogen-bond donors (Lipinski definition) is 0. The van der Waals surface area contributed by atoms with Gasteiger partial charge in [0.2, 0.25) is 0 Å². The molecule has 0 bridgehead atoms. The molecule has 0 amide bonds. The average molecular weight is 240 g/mol. The Hall–Kier alpha value is -0.520. The van der Waals surface area contributed by atoms with E-state index in [-0.39, 0.29) is 5.82 Å². The Bertz CT molecular complexity index is 261. The fraction of sp³-hybridized carbons (Fsp3) is 0.667. The third-order valence-corrected chi connectivity index (χ3v) is 1.99. The van der Waals surface area contributed by atoms with Gasteiger partial charge in [0.25, 0.3) is 6.43 Å². The zero-order valence-electron chi connectivity index (χ0n) is 6.47. The van der Waals surface area contributed by atoms with Crippen molar-refractivity contribution in [1.82, 2.24) is 14.8 Å². The van der Waals surface area contributed by atoms with E-state index in [1.54, 1.807) is 6.92 Å². The van der Waals surface area contributed by atoms with E-state index in [4.69, 9.17) is 0 Å². The summed E-state index contributed by atoms with van der Waals surface area (Å²) in [6.07, 6.45) is -2.55. The molecular formula is C6H8BrF2N3. The molecule has 0 aliphatic rings. The van der Waals surface area contributed by atoms with Crippen LogP contribution in [0.5, 0.6) is 0 Å². The number of alkyl halides is 3. The highest BCUT2D eigenvalue weighted by Crippen LogP contribution is 2.18. The lowest BCUT2D eigenvalue weighted by Crippen LogP contribution is -2.05. The van der Waals surface area contributed by atoms with Crippen molar-refractivity contribution in [2.75, 3.05) is 0 Å². The Morgan fingerprint density at radius 2 is 2.17 bits per heavy atom. The van der Waals surface area contributed by atoms with Crippen LogP contribution < -0.4 is 0 Å². The van der Waals surface area contributed by atoms with Gasteiger partial charge in [-0.3, -0.25) is 0 Å². The highest BCUT2D eigenvalue weighted by Gasteiger charge is 2.17. The van der Waals surface area contributed by atoms with E-state index in [0.29, 0.717) is 17.7 Å². The fourth-order valence-corrected chi connectivity index (χ4v) is 1.37. The SMILES string of the molecule is CCn1c(CBr)nnc1C(F)F. The molecule has 1 aromatic rings. The molecule has 0 aromatic carbocycles. The van der Waals surface area contributed by atoms with Crippen LogP contribution in [-0.2, 0) is 11.9 Å². The van der Waals surface area contributed by atoms with E-state index in [9.17, 15) is 8.78 Å². The Morgan fingerprint density at radius 1 is 1.50 bits per heavy atom. The highest BCUT2D eigenvalue weighted by atomic mass is 79.9. The minimum absolute atomic E-state index is 0.257. The van der Waals surface area contributed by atoms with Crippen molar-refractivity contribution in [3.05, 3.63) is 11.6 Å². The van der Waals surface area contributed by atoms with Crippen LogP contribution in [0, 0.1) is 0 Å². The van der Waals surface area contributed by atoms with Crippen molar-refractivity contribution in [2.24, 2.45) is 0 Å². The molecule has 1 aromatic heterocycles. The highest BCUT2D eigenvalue weighted by molar-refractivity contribution is 9.08. The first-order valence-electron chi connectivity index (χ1n) is 3.46. The summed E-state index contributed by atoms with van der Waals surface area (Å²) in [4.78, 5) is 0. The van der Waals surface area contributed by atoms with Crippen LogP contribution in [0.4, 0.5) is 8.78 Å². The minimum Gasteiger partial charge on any atom is -0.310 e.